The van der Waals surface area contributed by atoms with Crippen LogP contribution < -0.4 is 5.32 Å². The summed E-state index contributed by atoms with van der Waals surface area (Å²) in [5.74, 6) is 1.54. The Morgan fingerprint density at radius 2 is 1.56 bits per heavy atom. The maximum atomic E-state index is 11.8. The Balaban J connectivity index is 1.36. The number of unbranched alkanes of at least 4 members (excludes halogenated alkanes) is 7. The maximum Gasteiger partial charge on any atom is 0.191 e. The molecule has 2 aliphatic carbocycles. The van der Waals surface area contributed by atoms with Gasteiger partial charge in [-0.3, -0.25) is 4.79 Å². The summed E-state index contributed by atoms with van der Waals surface area (Å²) >= 11 is 0. The highest BCUT2D eigenvalue weighted by Crippen LogP contribution is 2.42. The van der Waals surface area contributed by atoms with E-state index in [4.69, 9.17) is 4.43 Å². The second-order valence-electron chi connectivity index (χ2n) is 10.5. The van der Waals surface area contributed by atoms with Gasteiger partial charge >= 0.3 is 0 Å². The van der Waals surface area contributed by atoms with Crippen molar-refractivity contribution in [2.45, 2.75) is 116 Å². The fourth-order valence-electron chi connectivity index (χ4n) is 4.49. The van der Waals surface area contributed by atoms with Gasteiger partial charge in [0.25, 0.3) is 0 Å². The van der Waals surface area contributed by atoms with Gasteiger partial charge in [0.2, 0.25) is 0 Å². The summed E-state index contributed by atoms with van der Waals surface area (Å²) in [5, 5.41) is 4.02. The van der Waals surface area contributed by atoms with Crippen LogP contribution in [0.4, 0.5) is 0 Å². The number of hydrogen-bond donors (Lipinski definition) is 1. The number of nitrogens with one attached hydrogen (secondary N) is 1. The van der Waals surface area contributed by atoms with Crippen molar-refractivity contribution in [2.75, 3.05) is 13.2 Å². The number of fused-ring (bicyclic) bond motifs is 2. The van der Waals surface area contributed by atoms with Gasteiger partial charge in [-0.1, -0.05) is 59.3 Å². The van der Waals surface area contributed by atoms with Crippen LogP contribution in [0.1, 0.15) is 91.4 Å². The smallest absolute Gasteiger partial charge is 0.191 e. The summed E-state index contributed by atoms with van der Waals surface area (Å²) in [6.45, 7) is 13.7. The highest BCUT2D eigenvalue weighted by molar-refractivity contribution is 6.74. The van der Waals surface area contributed by atoms with Crippen molar-refractivity contribution in [1.29, 1.82) is 0 Å². The summed E-state index contributed by atoms with van der Waals surface area (Å²) in [6.07, 6.45) is 13.9. The Kier molecular flexibility index (Phi) is 9.02. The van der Waals surface area contributed by atoms with Crippen LogP contribution in [-0.2, 0) is 9.22 Å². The molecule has 3 nitrogen and oxygen atoms in total. The van der Waals surface area contributed by atoms with E-state index in [9.17, 15) is 4.79 Å². The molecule has 0 aromatic carbocycles. The molecule has 158 valence electrons. The van der Waals surface area contributed by atoms with E-state index in [0.29, 0.717) is 28.7 Å². The molecule has 0 unspecified atom stereocenters. The SMILES string of the molecule is CC(C)(C)[Si](C)(C)OCCCCCCCCCCN[C@H]1[C@H]2CC[C@@H]1C(=O)C2. The normalized spacial score (nSPS) is 25.5. The van der Waals surface area contributed by atoms with Crippen LogP contribution in [0.25, 0.3) is 0 Å². The Bertz CT molecular complexity index is 458. The van der Waals surface area contributed by atoms with Gasteiger partial charge in [-0.05, 0) is 56.3 Å². The third-order valence-electron chi connectivity index (χ3n) is 7.39. The molecule has 2 bridgehead atoms. The summed E-state index contributed by atoms with van der Waals surface area (Å²) in [5.41, 5.74) is 0. The van der Waals surface area contributed by atoms with Gasteiger partial charge in [0.15, 0.2) is 8.32 Å². The zero-order valence-corrected chi connectivity index (χ0v) is 19.7. The van der Waals surface area contributed by atoms with Gasteiger partial charge in [-0.2, -0.15) is 0 Å². The first kappa shape index (κ1) is 23.1. The van der Waals surface area contributed by atoms with Crippen molar-refractivity contribution in [1.82, 2.24) is 5.32 Å². The largest absolute Gasteiger partial charge is 0.417 e. The molecule has 3 atom stereocenters. The lowest BCUT2D eigenvalue weighted by atomic mass is 10.00. The van der Waals surface area contributed by atoms with E-state index in [1.54, 1.807) is 0 Å². The molecule has 0 aromatic rings. The van der Waals surface area contributed by atoms with E-state index < -0.39 is 8.32 Å². The van der Waals surface area contributed by atoms with Crippen LogP contribution in [0, 0.1) is 11.8 Å². The molecule has 0 heterocycles. The van der Waals surface area contributed by atoms with Gasteiger partial charge in [-0.25, -0.2) is 0 Å². The van der Waals surface area contributed by atoms with E-state index in [2.05, 4.69) is 39.2 Å². The van der Waals surface area contributed by atoms with E-state index in [1.165, 1.54) is 57.8 Å². The van der Waals surface area contributed by atoms with E-state index in [0.717, 1.165) is 26.0 Å². The molecule has 0 aliphatic heterocycles. The summed E-state index contributed by atoms with van der Waals surface area (Å²) in [7, 11) is -1.54. The van der Waals surface area contributed by atoms with Crippen LogP contribution >= 0.6 is 0 Å². The Morgan fingerprint density at radius 3 is 2.07 bits per heavy atom. The third kappa shape index (κ3) is 6.97. The van der Waals surface area contributed by atoms with Gasteiger partial charge in [0.05, 0.1) is 0 Å². The van der Waals surface area contributed by atoms with Gasteiger partial charge < -0.3 is 9.74 Å². The number of Topliss-reactive ketones (excluding diaryl/α,β-unsaturated/α-hetero) is 1. The molecule has 0 amide bonds. The number of ketones is 1. The minimum absolute atomic E-state index is 0.328. The topological polar surface area (TPSA) is 38.3 Å². The maximum absolute atomic E-state index is 11.8. The molecule has 27 heavy (non-hydrogen) atoms. The minimum atomic E-state index is -1.54. The van der Waals surface area contributed by atoms with Crippen molar-refractivity contribution in [2.24, 2.45) is 11.8 Å². The summed E-state index contributed by atoms with van der Waals surface area (Å²) < 4.78 is 6.25. The number of carbonyl (C=O) groups excluding carboxylic acids is 1. The van der Waals surface area contributed by atoms with Crippen molar-refractivity contribution >= 4 is 14.1 Å². The van der Waals surface area contributed by atoms with E-state index >= 15 is 0 Å². The molecule has 4 heteroatoms. The van der Waals surface area contributed by atoms with Crippen LogP contribution in [0.5, 0.6) is 0 Å². The second kappa shape index (κ2) is 10.5. The standard InChI is InChI=1S/C23H45NO2Si/c1-23(2,3)27(4,5)26-17-13-11-9-7-6-8-10-12-16-24-22-19-14-15-20(22)21(25)18-19/h19-20,22,24H,6-18H2,1-5H3/t19-,20+,22-/m0/s1. The van der Waals surface area contributed by atoms with Crippen molar-refractivity contribution in [3.05, 3.63) is 0 Å². The summed E-state index contributed by atoms with van der Waals surface area (Å²) in [6, 6.07) is 0.519. The molecule has 0 aromatic heterocycles. The average Bonchev–Trinajstić information content (AvgIpc) is 3.10. The fraction of sp³-hybridized carbons (Fsp3) is 0.957. The Morgan fingerprint density at radius 1 is 0.963 bits per heavy atom. The average molecular weight is 396 g/mol. The Hall–Kier alpha value is -0.193. The molecule has 0 radical (unpaired) electrons. The lowest BCUT2D eigenvalue weighted by molar-refractivity contribution is -0.121. The molecular weight excluding hydrogens is 350 g/mol. The van der Waals surface area contributed by atoms with E-state index in [-0.39, 0.29) is 0 Å². The lowest BCUT2D eigenvalue weighted by Crippen LogP contribution is -2.40. The van der Waals surface area contributed by atoms with Crippen molar-refractivity contribution in [3.63, 3.8) is 0 Å². The van der Waals surface area contributed by atoms with Crippen molar-refractivity contribution < 1.29 is 9.22 Å². The molecule has 0 spiro atoms. The highest BCUT2D eigenvalue weighted by atomic mass is 28.4. The molecule has 2 saturated carbocycles. The number of rotatable bonds is 13. The fourth-order valence-corrected chi connectivity index (χ4v) is 5.58. The van der Waals surface area contributed by atoms with E-state index in [1.807, 2.05) is 0 Å². The lowest BCUT2D eigenvalue weighted by Gasteiger charge is -2.36. The second-order valence-corrected chi connectivity index (χ2v) is 15.3. The molecule has 0 saturated heterocycles. The first-order valence-corrected chi connectivity index (χ1v) is 14.5. The zero-order chi connectivity index (χ0) is 19.9. The molecule has 1 N–H and O–H groups in total. The number of carbonyl (C=O) groups is 1. The minimum Gasteiger partial charge on any atom is -0.417 e. The molecule has 2 aliphatic rings. The van der Waals surface area contributed by atoms with Crippen LogP contribution in [0.3, 0.4) is 0 Å². The predicted molar refractivity (Wildman–Crippen MR) is 118 cm³/mol. The van der Waals surface area contributed by atoms with Crippen LogP contribution in [0.15, 0.2) is 0 Å². The van der Waals surface area contributed by atoms with Gasteiger partial charge in [0, 0.05) is 25.0 Å². The van der Waals surface area contributed by atoms with Crippen LogP contribution in [0.2, 0.25) is 18.1 Å². The monoisotopic (exact) mass is 395 g/mol. The molecular formula is C23H45NO2Si. The Labute approximate surface area is 169 Å². The quantitative estimate of drug-likeness (QED) is 0.303. The van der Waals surface area contributed by atoms with Gasteiger partial charge in [0.1, 0.15) is 5.78 Å². The first-order valence-electron chi connectivity index (χ1n) is 11.6. The zero-order valence-electron chi connectivity index (χ0n) is 18.7. The number of hydrogen-bond acceptors (Lipinski definition) is 3. The molecule has 2 rings (SSSR count). The highest BCUT2D eigenvalue weighted by Gasteiger charge is 2.46. The van der Waals surface area contributed by atoms with Crippen molar-refractivity contribution in [3.8, 4) is 0 Å². The predicted octanol–water partition coefficient (Wildman–Crippen LogP) is 6.09. The molecule has 2 fully saturated rings. The van der Waals surface area contributed by atoms with Gasteiger partial charge in [-0.15, -0.1) is 0 Å². The van der Waals surface area contributed by atoms with Crippen LogP contribution in [-0.4, -0.2) is 33.3 Å². The first-order chi connectivity index (χ1) is 12.7. The summed E-state index contributed by atoms with van der Waals surface area (Å²) in [4.78, 5) is 11.8. The third-order valence-corrected chi connectivity index (χ3v) is 11.9.